The van der Waals surface area contributed by atoms with Gasteiger partial charge < -0.3 is 10.1 Å². The number of aryl methyl sites for hydroxylation is 1. The van der Waals surface area contributed by atoms with Crippen molar-refractivity contribution in [3.05, 3.63) is 21.8 Å². The molecular formula is C19H21Cl2N3O5. The van der Waals surface area contributed by atoms with E-state index >= 15 is 0 Å². The SMILES string of the molecule is Cc1nc(NC(=O)COC(=O)[C@H](C)N2C(=O)C3CCCCC3C2=O)c(Cl)cc1Cl. The van der Waals surface area contributed by atoms with Gasteiger partial charge in [-0.3, -0.25) is 19.3 Å². The number of likely N-dealkylation sites (tertiary alicyclic amines) is 1. The van der Waals surface area contributed by atoms with Gasteiger partial charge in [0.1, 0.15) is 6.04 Å². The van der Waals surface area contributed by atoms with E-state index in [1.54, 1.807) is 6.92 Å². The van der Waals surface area contributed by atoms with E-state index in [0.29, 0.717) is 23.6 Å². The highest BCUT2D eigenvalue weighted by Gasteiger charge is 2.51. The molecule has 0 bridgehead atoms. The van der Waals surface area contributed by atoms with Crippen molar-refractivity contribution in [1.82, 2.24) is 9.88 Å². The summed E-state index contributed by atoms with van der Waals surface area (Å²) in [6, 6.07) is 0.354. The van der Waals surface area contributed by atoms with E-state index < -0.39 is 24.5 Å². The molecule has 1 aromatic heterocycles. The van der Waals surface area contributed by atoms with Crippen LogP contribution in [0.3, 0.4) is 0 Å². The molecule has 3 amide bonds. The highest BCUT2D eigenvalue weighted by atomic mass is 35.5. The van der Waals surface area contributed by atoms with Crippen molar-refractivity contribution in [1.29, 1.82) is 0 Å². The molecule has 1 aliphatic heterocycles. The first-order valence-corrected chi connectivity index (χ1v) is 10.1. The molecule has 3 atom stereocenters. The molecule has 2 aliphatic rings. The molecule has 3 rings (SSSR count). The van der Waals surface area contributed by atoms with Crippen molar-refractivity contribution in [2.75, 3.05) is 11.9 Å². The normalized spacial score (nSPS) is 22.3. The van der Waals surface area contributed by atoms with Crippen LogP contribution in [0.4, 0.5) is 5.82 Å². The van der Waals surface area contributed by atoms with Gasteiger partial charge in [-0.2, -0.15) is 0 Å². The number of halogens is 2. The molecule has 1 aromatic rings. The third kappa shape index (κ3) is 4.38. The van der Waals surface area contributed by atoms with Crippen LogP contribution in [0.1, 0.15) is 38.3 Å². The quantitative estimate of drug-likeness (QED) is 0.556. The van der Waals surface area contributed by atoms with E-state index in [9.17, 15) is 19.2 Å². The Kier molecular flexibility index (Phi) is 6.43. The Morgan fingerprint density at radius 1 is 1.21 bits per heavy atom. The van der Waals surface area contributed by atoms with Crippen LogP contribution < -0.4 is 5.32 Å². The first kappa shape index (κ1) is 21.5. The highest BCUT2D eigenvalue weighted by Crippen LogP contribution is 2.38. The Labute approximate surface area is 177 Å². The minimum Gasteiger partial charge on any atom is -0.454 e. The third-order valence-corrected chi connectivity index (χ3v) is 5.98. The molecule has 29 heavy (non-hydrogen) atoms. The lowest BCUT2D eigenvalue weighted by molar-refractivity contribution is -0.159. The first-order chi connectivity index (χ1) is 13.7. The zero-order chi connectivity index (χ0) is 21.3. The van der Waals surface area contributed by atoms with Crippen LogP contribution in [0.15, 0.2) is 6.07 Å². The predicted octanol–water partition coefficient (Wildman–Crippen LogP) is 2.74. The molecule has 2 unspecified atom stereocenters. The van der Waals surface area contributed by atoms with Gasteiger partial charge in [-0.15, -0.1) is 0 Å². The lowest BCUT2D eigenvalue weighted by Gasteiger charge is -2.21. The van der Waals surface area contributed by atoms with Crippen LogP contribution in [-0.2, 0) is 23.9 Å². The Bertz CT molecular complexity index is 852. The third-order valence-electron chi connectivity index (χ3n) is 5.31. The summed E-state index contributed by atoms with van der Waals surface area (Å²) in [7, 11) is 0. The number of hydrogen-bond donors (Lipinski definition) is 1. The monoisotopic (exact) mass is 441 g/mol. The fourth-order valence-corrected chi connectivity index (χ4v) is 4.15. The predicted molar refractivity (Wildman–Crippen MR) is 105 cm³/mol. The van der Waals surface area contributed by atoms with E-state index in [-0.39, 0.29) is 34.5 Å². The van der Waals surface area contributed by atoms with Crippen molar-refractivity contribution >= 4 is 52.7 Å². The Balaban J connectivity index is 1.57. The van der Waals surface area contributed by atoms with Gasteiger partial charge in [-0.05, 0) is 32.8 Å². The van der Waals surface area contributed by atoms with Crippen molar-refractivity contribution in [3.8, 4) is 0 Å². The van der Waals surface area contributed by atoms with Crippen molar-refractivity contribution in [2.24, 2.45) is 11.8 Å². The maximum absolute atomic E-state index is 12.6. The molecule has 1 saturated heterocycles. The Morgan fingerprint density at radius 3 is 2.38 bits per heavy atom. The summed E-state index contributed by atoms with van der Waals surface area (Å²) >= 11 is 11.9. The molecule has 0 aromatic carbocycles. The van der Waals surface area contributed by atoms with Crippen LogP contribution in [0.5, 0.6) is 0 Å². The van der Waals surface area contributed by atoms with E-state index in [1.165, 1.54) is 13.0 Å². The van der Waals surface area contributed by atoms with E-state index in [2.05, 4.69) is 10.3 Å². The van der Waals surface area contributed by atoms with Crippen LogP contribution in [0.25, 0.3) is 0 Å². The van der Waals surface area contributed by atoms with E-state index in [0.717, 1.165) is 17.7 Å². The topological polar surface area (TPSA) is 106 Å². The second-order valence-electron chi connectivity index (χ2n) is 7.26. The van der Waals surface area contributed by atoms with Gasteiger partial charge in [0, 0.05) is 0 Å². The number of aromatic nitrogens is 1. The number of rotatable bonds is 5. The van der Waals surface area contributed by atoms with Gasteiger partial charge in [-0.25, -0.2) is 9.78 Å². The summed E-state index contributed by atoms with van der Waals surface area (Å²) in [6.07, 6.45) is 3.11. The second-order valence-corrected chi connectivity index (χ2v) is 8.08. The average molecular weight is 442 g/mol. The number of nitrogens with zero attached hydrogens (tertiary/aromatic N) is 2. The maximum atomic E-state index is 12.6. The fourth-order valence-electron chi connectivity index (χ4n) is 3.75. The largest absolute Gasteiger partial charge is 0.454 e. The smallest absolute Gasteiger partial charge is 0.329 e. The van der Waals surface area contributed by atoms with Crippen molar-refractivity contribution < 1.29 is 23.9 Å². The lowest BCUT2D eigenvalue weighted by Crippen LogP contribution is -2.45. The summed E-state index contributed by atoms with van der Waals surface area (Å²) in [6.45, 7) is 2.47. The van der Waals surface area contributed by atoms with E-state index in [4.69, 9.17) is 27.9 Å². The average Bonchev–Trinajstić information content (AvgIpc) is 2.94. The van der Waals surface area contributed by atoms with Gasteiger partial charge in [0.05, 0.1) is 27.6 Å². The summed E-state index contributed by atoms with van der Waals surface area (Å²) < 4.78 is 5.00. The minimum atomic E-state index is -1.09. The first-order valence-electron chi connectivity index (χ1n) is 9.36. The minimum absolute atomic E-state index is 0.0941. The highest BCUT2D eigenvalue weighted by molar-refractivity contribution is 6.36. The van der Waals surface area contributed by atoms with Crippen molar-refractivity contribution in [2.45, 2.75) is 45.6 Å². The summed E-state index contributed by atoms with van der Waals surface area (Å²) in [5.74, 6) is -2.76. The number of pyridine rings is 1. The van der Waals surface area contributed by atoms with Crippen LogP contribution in [0.2, 0.25) is 10.0 Å². The Morgan fingerprint density at radius 2 is 1.79 bits per heavy atom. The zero-order valence-electron chi connectivity index (χ0n) is 16.0. The van der Waals surface area contributed by atoms with Crippen LogP contribution in [-0.4, -0.2) is 46.2 Å². The van der Waals surface area contributed by atoms with Gasteiger partial charge in [-0.1, -0.05) is 36.0 Å². The van der Waals surface area contributed by atoms with E-state index in [1.807, 2.05) is 0 Å². The standard InChI is InChI=1S/C19H21Cl2N3O5/c1-9-13(20)7-14(21)16(22-9)23-15(25)8-29-19(28)10(2)24-17(26)11-5-3-4-6-12(11)18(24)27/h7,10-12H,3-6,8H2,1-2H3,(H,22,23,25)/t10-,11?,12?/m0/s1. The molecule has 0 spiro atoms. The molecule has 0 radical (unpaired) electrons. The number of esters is 1. The summed E-state index contributed by atoms with van der Waals surface area (Å²) in [5.41, 5.74) is 0.476. The molecule has 1 aliphatic carbocycles. The number of ether oxygens (including phenoxy) is 1. The summed E-state index contributed by atoms with van der Waals surface area (Å²) in [4.78, 5) is 54.6. The second kappa shape index (κ2) is 8.67. The van der Waals surface area contributed by atoms with Crippen molar-refractivity contribution in [3.63, 3.8) is 0 Å². The molecule has 156 valence electrons. The number of hydrogen-bond acceptors (Lipinski definition) is 6. The number of amides is 3. The maximum Gasteiger partial charge on any atom is 0.329 e. The lowest BCUT2D eigenvalue weighted by atomic mass is 9.81. The zero-order valence-corrected chi connectivity index (χ0v) is 17.5. The number of anilines is 1. The number of carbonyl (C=O) groups excluding carboxylic acids is 4. The molecule has 1 saturated carbocycles. The molecule has 10 heteroatoms. The molecule has 2 heterocycles. The number of nitrogens with one attached hydrogen (secondary N) is 1. The number of fused-ring (bicyclic) bond motifs is 1. The van der Waals surface area contributed by atoms with Gasteiger partial charge in [0.25, 0.3) is 5.91 Å². The molecule has 1 N–H and O–H groups in total. The number of carbonyl (C=O) groups is 4. The fraction of sp³-hybridized carbons (Fsp3) is 0.526. The summed E-state index contributed by atoms with van der Waals surface area (Å²) in [5, 5.41) is 2.93. The molecule has 8 nitrogen and oxygen atoms in total. The number of imide groups is 1. The van der Waals surface area contributed by atoms with Gasteiger partial charge >= 0.3 is 5.97 Å². The molecule has 2 fully saturated rings. The Hall–Kier alpha value is -2.19. The molecular weight excluding hydrogens is 421 g/mol. The van der Waals surface area contributed by atoms with Gasteiger partial charge in [0.15, 0.2) is 12.4 Å². The van der Waals surface area contributed by atoms with Crippen LogP contribution in [0, 0.1) is 18.8 Å². The van der Waals surface area contributed by atoms with Crippen LogP contribution >= 0.6 is 23.2 Å². The van der Waals surface area contributed by atoms with Gasteiger partial charge in [0.2, 0.25) is 11.8 Å².